The number of aromatic nitrogens is 3. The molecule has 2 heterocycles. The highest BCUT2D eigenvalue weighted by Gasteiger charge is 2.41. The molecule has 0 aliphatic heterocycles. The van der Waals surface area contributed by atoms with Gasteiger partial charge in [-0.2, -0.15) is 4.98 Å². The molecule has 0 saturated heterocycles. The lowest BCUT2D eigenvalue weighted by Gasteiger charge is -2.30. The van der Waals surface area contributed by atoms with Crippen LogP contribution < -0.4 is 9.47 Å². The van der Waals surface area contributed by atoms with Crippen LogP contribution in [0.15, 0.2) is 24.5 Å². The predicted octanol–water partition coefficient (Wildman–Crippen LogP) is 4.50. The van der Waals surface area contributed by atoms with Crippen LogP contribution in [0.25, 0.3) is 0 Å². The monoisotopic (exact) mass is 371 g/mol. The Labute approximate surface area is 159 Å². The van der Waals surface area contributed by atoms with E-state index < -0.39 is 5.67 Å². The first-order chi connectivity index (χ1) is 13.1. The van der Waals surface area contributed by atoms with E-state index in [1.54, 1.807) is 19.5 Å². The lowest BCUT2D eigenvalue weighted by Crippen LogP contribution is -2.25. The van der Waals surface area contributed by atoms with Crippen molar-refractivity contribution in [2.75, 3.05) is 13.7 Å². The van der Waals surface area contributed by atoms with Gasteiger partial charge in [0.25, 0.3) is 0 Å². The Bertz CT molecular complexity index is 791. The molecule has 0 aromatic carbocycles. The second kappa shape index (κ2) is 7.41. The minimum Gasteiger partial charge on any atom is -0.495 e. The number of nitrogens with zero attached hydrogens (tertiary/aromatic N) is 3. The maximum atomic E-state index is 15.5. The first kappa shape index (κ1) is 18.1. The van der Waals surface area contributed by atoms with Crippen LogP contribution >= 0.6 is 0 Å². The number of hydrogen-bond acceptors (Lipinski definition) is 5. The highest BCUT2D eigenvalue weighted by Crippen LogP contribution is 2.48. The molecule has 27 heavy (non-hydrogen) atoms. The van der Waals surface area contributed by atoms with Crippen LogP contribution in [0.4, 0.5) is 4.39 Å². The number of methoxy groups -OCH3 is 1. The number of rotatable bonds is 6. The lowest BCUT2D eigenvalue weighted by molar-refractivity contribution is 0.0989. The average Bonchev–Trinajstić information content (AvgIpc) is 3.46. The molecule has 0 spiro atoms. The van der Waals surface area contributed by atoms with Crippen LogP contribution in [-0.4, -0.2) is 28.7 Å². The van der Waals surface area contributed by atoms with Gasteiger partial charge in [-0.05, 0) is 51.2 Å². The molecule has 144 valence electrons. The second-order valence-electron chi connectivity index (χ2n) is 7.70. The van der Waals surface area contributed by atoms with Gasteiger partial charge in [-0.3, -0.25) is 4.98 Å². The lowest BCUT2D eigenvalue weighted by atomic mass is 9.82. The number of ether oxygens (including phenoxy) is 2. The maximum Gasteiger partial charge on any atom is 0.223 e. The molecule has 0 N–H and O–H groups in total. The van der Waals surface area contributed by atoms with Gasteiger partial charge in [0.1, 0.15) is 17.2 Å². The van der Waals surface area contributed by atoms with Crippen molar-refractivity contribution in [1.29, 1.82) is 0 Å². The summed E-state index contributed by atoms with van der Waals surface area (Å²) in [6, 6.07) is 3.93. The molecule has 2 aliphatic rings. The van der Waals surface area contributed by atoms with E-state index >= 15 is 4.39 Å². The molecular formula is C21H26FN3O2. The van der Waals surface area contributed by atoms with Gasteiger partial charge >= 0.3 is 0 Å². The summed E-state index contributed by atoms with van der Waals surface area (Å²) in [5.41, 5.74) is 0.215. The minimum absolute atomic E-state index is 0.385. The number of halogens is 1. The summed E-state index contributed by atoms with van der Waals surface area (Å²) in [4.78, 5) is 13.1. The molecule has 2 unspecified atom stereocenters. The molecule has 0 bridgehead atoms. The third-order valence-electron chi connectivity index (χ3n) is 5.73. The van der Waals surface area contributed by atoms with Crippen molar-refractivity contribution in [3.8, 4) is 11.6 Å². The Hall–Kier alpha value is -2.24. The number of pyridine rings is 1. The molecule has 2 fully saturated rings. The van der Waals surface area contributed by atoms with Gasteiger partial charge in [-0.1, -0.05) is 6.42 Å². The van der Waals surface area contributed by atoms with Crippen molar-refractivity contribution >= 4 is 0 Å². The first-order valence-electron chi connectivity index (χ1n) is 9.75. The Morgan fingerprint density at radius 3 is 2.67 bits per heavy atom. The molecule has 4 rings (SSSR count). The van der Waals surface area contributed by atoms with Crippen LogP contribution in [0.2, 0.25) is 0 Å². The summed E-state index contributed by atoms with van der Waals surface area (Å²) in [7, 11) is 1.63. The molecule has 5 nitrogen and oxygen atoms in total. The van der Waals surface area contributed by atoms with Gasteiger partial charge in [-0.15, -0.1) is 0 Å². The number of alkyl halides is 1. The Morgan fingerprint density at radius 2 is 1.96 bits per heavy atom. The number of hydrogen-bond donors (Lipinski definition) is 0. The minimum atomic E-state index is -1.36. The van der Waals surface area contributed by atoms with Crippen molar-refractivity contribution in [3.63, 3.8) is 0 Å². The van der Waals surface area contributed by atoms with Crippen molar-refractivity contribution in [1.82, 2.24) is 15.0 Å². The summed E-state index contributed by atoms with van der Waals surface area (Å²) < 4.78 is 26.6. The molecule has 2 saturated carbocycles. The van der Waals surface area contributed by atoms with Gasteiger partial charge in [0, 0.05) is 23.7 Å². The molecule has 2 atom stereocenters. The number of aryl methyl sites for hydroxylation is 1. The van der Waals surface area contributed by atoms with Crippen molar-refractivity contribution < 1.29 is 13.9 Å². The average molecular weight is 371 g/mol. The van der Waals surface area contributed by atoms with Crippen LogP contribution in [0.5, 0.6) is 11.6 Å². The molecule has 0 radical (unpaired) electrons. The standard InChI is InChI=1S/C21H26FN3O2/c1-14-23-12-18(21(22)8-4-3-5-9-21)20(25-14)27-13-15-10-17(15)19-7-6-16(26-2)11-24-19/h6-7,11-12,15,17H,3-5,8-10,13H2,1-2H3. The first-order valence-corrected chi connectivity index (χ1v) is 9.75. The topological polar surface area (TPSA) is 57.1 Å². The molecule has 0 amide bonds. The van der Waals surface area contributed by atoms with E-state index in [1.807, 2.05) is 19.1 Å². The van der Waals surface area contributed by atoms with Crippen molar-refractivity contribution in [3.05, 3.63) is 41.6 Å². The fourth-order valence-electron chi connectivity index (χ4n) is 3.96. The van der Waals surface area contributed by atoms with Gasteiger partial charge < -0.3 is 9.47 Å². The molecule has 2 aliphatic carbocycles. The largest absolute Gasteiger partial charge is 0.495 e. The van der Waals surface area contributed by atoms with Crippen LogP contribution in [0.3, 0.4) is 0 Å². The predicted molar refractivity (Wildman–Crippen MR) is 99.8 cm³/mol. The van der Waals surface area contributed by atoms with Gasteiger partial charge in [-0.25, -0.2) is 9.37 Å². The fourth-order valence-corrected chi connectivity index (χ4v) is 3.96. The highest BCUT2D eigenvalue weighted by molar-refractivity contribution is 5.31. The van der Waals surface area contributed by atoms with E-state index in [-0.39, 0.29) is 0 Å². The smallest absolute Gasteiger partial charge is 0.223 e. The summed E-state index contributed by atoms with van der Waals surface area (Å²) in [6.07, 6.45) is 8.34. The van der Waals surface area contributed by atoms with Gasteiger partial charge in [0.2, 0.25) is 5.88 Å². The summed E-state index contributed by atoms with van der Waals surface area (Å²) in [5.74, 6) is 2.55. The van der Waals surface area contributed by atoms with Gasteiger partial charge in [0.05, 0.1) is 25.5 Å². The quantitative estimate of drug-likeness (QED) is 0.748. The Morgan fingerprint density at radius 1 is 1.15 bits per heavy atom. The van der Waals surface area contributed by atoms with E-state index in [4.69, 9.17) is 9.47 Å². The van der Waals surface area contributed by atoms with Crippen molar-refractivity contribution in [2.24, 2.45) is 5.92 Å². The van der Waals surface area contributed by atoms with E-state index in [9.17, 15) is 0 Å². The van der Waals surface area contributed by atoms with Crippen LogP contribution in [0, 0.1) is 12.8 Å². The zero-order valence-electron chi connectivity index (χ0n) is 15.9. The zero-order chi connectivity index (χ0) is 18.9. The van der Waals surface area contributed by atoms with E-state index in [2.05, 4.69) is 15.0 Å². The summed E-state index contributed by atoms with van der Waals surface area (Å²) in [6.45, 7) is 2.33. The third-order valence-corrected chi connectivity index (χ3v) is 5.73. The normalized spacial score (nSPS) is 23.7. The molecule has 2 aromatic heterocycles. The van der Waals surface area contributed by atoms with Crippen LogP contribution in [-0.2, 0) is 5.67 Å². The van der Waals surface area contributed by atoms with E-state index in [0.717, 1.165) is 37.1 Å². The van der Waals surface area contributed by atoms with E-state index in [1.165, 1.54) is 0 Å². The van der Waals surface area contributed by atoms with Crippen molar-refractivity contribution in [2.45, 2.75) is 57.0 Å². The van der Waals surface area contributed by atoms with Crippen LogP contribution in [0.1, 0.15) is 61.5 Å². The maximum absolute atomic E-state index is 15.5. The van der Waals surface area contributed by atoms with E-state index in [0.29, 0.717) is 48.6 Å². The Balaban J connectivity index is 1.43. The molecule has 2 aromatic rings. The summed E-state index contributed by atoms with van der Waals surface area (Å²) >= 11 is 0. The third kappa shape index (κ3) is 3.89. The zero-order valence-corrected chi connectivity index (χ0v) is 15.9. The second-order valence-corrected chi connectivity index (χ2v) is 7.70. The summed E-state index contributed by atoms with van der Waals surface area (Å²) in [5, 5.41) is 0. The molecular weight excluding hydrogens is 345 g/mol. The highest BCUT2D eigenvalue weighted by atomic mass is 19.1. The Kier molecular flexibility index (Phi) is 4.98. The fraction of sp³-hybridized carbons (Fsp3) is 0.571. The van der Waals surface area contributed by atoms with Gasteiger partial charge in [0.15, 0.2) is 0 Å². The molecule has 6 heteroatoms. The SMILES string of the molecule is COc1ccc(C2CC2COc2nc(C)ncc2C2(F)CCCCC2)nc1.